The zero-order chi connectivity index (χ0) is 22.0. The molecule has 2 aromatic heterocycles. The lowest BCUT2D eigenvalue weighted by molar-refractivity contribution is -0.0252. The molecule has 3 heterocycles. The SMILES string of the molecule is CC(C)c1ccc(-c2cc3nccnc3c(OC[C@@H]3CN(S(C)(=O)=O)CCO3)n2)cc1. The summed E-state index contributed by atoms with van der Waals surface area (Å²) in [7, 11) is -3.27. The van der Waals surface area contributed by atoms with Crippen molar-refractivity contribution >= 4 is 21.1 Å². The Morgan fingerprint density at radius 2 is 1.94 bits per heavy atom. The van der Waals surface area contributed by atoms with Gasteiger partial charge in [0.25, 0.3) is 0 Å². The Morgan fingerprint density at radius 3 is 2.65 bits per heavy atom. The number of fused-ring (bicyclic) bond motifs is 1. The van der Waals surface area contributed by atoms with Crippen molar-refractivity contribution in [3.8, 4) is 17.1 Å². The summed E-state index contributed by atoms with van der Waals surface area (Å²) in [5.41, 5.74) is 4.18. The lowest BCUT2D eigenvalue weighted by Gasteiger charge is -2.30. The van der Waals surface area contributed by atoms with Crippen molar-refractivity contribution in [1.29, 1.82) is 0 Å². The first-order valence-corrected chi connectivity index (χ1v) is 12.1. The number of rotatable bonds is 6. The van der Waals surface area contributed by atoms with Crippen LogP contribution in [0.1, 0.15) is 25.3 Å². The molecule has 1 fully saturated rings. The van der Waals surface area contributed by atoms with Gasteiger partial charge in [-0.15, -0.1) is 0 Å². The summed E-state index contributed by atoms with van der Waals surface area (Å²) in [6, 6.07) is 10.2. The van der Waals surface area contributed by atoms with Gasteiger partial charge in [0, 0.05) is 31.0 Å². The molecule has 1 aliphatic heterocycles. The van der Waals surface area contributed by atoms with E-state index in [0.29, 0.717) is 36.0 Å². The highest BCUT2D eigenvalue weighted by Crippen LogP contribution is 2.28. The van der Waals surface area contributed by atoms with Gasteiger partial charge < -0.3 is 9.47 Å². The third-order valence-corrected chi connectivity index (χ3v) is 6.54. The van der Waals surface area contributed by atoms with E-state index in [0.717, 1.165) is 11.3 Å². The number of aromatic nitrogens is 3. The Labute approximate surface area is 182 Å². The summed E-state index contributed by atoms with van der Waals surface area (Å²) in [5, 5.41) is 0. The quantitative estimate of drug-likeness (QED) is 0.579. The first kappa shape index (κ1) is 21.6. The highest BCUT2D eigenvalue weighted by molar-refractivity contribution is 7.88. The predicted octanol–water partition coefficient (Wildman–Crippen LogP) is 2.85. The number of hydrogen-bond donors (Lipinski definition) is 0. The third-order valence-electron chi connectivity index (χ3n) is 5.27. The van der Waals surface area contributed by atoms with Gasteiger partial charge in [-0.2, -0.15) is 4.31 Å². The molecule has 3 aromatic rings. The predicted molar refractivity (Wildman–Crippen MR) is 119 cm³/mol. The molecule has 8 nitrogen and oxygen atoms in total. The molecule has 164 valence electrons. The molecule has 1 saturated heterocycles. The van der Waals surface area contributed by atoms with Gasteiger partial charge in [0.1, 0.15) is 12.7 Å². The van der Waals surface area contributed by atoms with Crippen molar-refractivity contribution in [3.63, 3.8) is 0 Å². The minimum absolute atomic E-state index is 0.167. The Bertz CT molecular complexity index is 1170. The Balaban J connectivity index is 1.59. The molecule has 0 N–H and O–H groups in total. The number of nitrogens with zero attached hydrogens (tertiary/aromatic N) is 4. The van der Waals surface area contributed by atoms with Gasteiger partial charge in [0.2, 0.25) is 15.9 Å². The van der Waals surface area contributed by atoms with Crippen LogP contribution < -0.4 is 4.74 Å². The molecule has 31 heavy (non-hydrogen) atoms. The van der Waals surface area contributed by atoms with E-state index in [1.54, 1.807) is 12.4 Å². The zero-order valence-electron chi connectivity index (χ0n) is 17.9. The lowest BCUT2D eigenvalue weighted by Crippen LogP contribution is -2.47. The maximum Gasteiger partial charge on any atom is 0.242 e. The van der Waals surface area contributed by atoms with Crippen LogP contribution in [0.4, 0.5) is 0 Å². The Kier molecular flexibility index (Phi) is 6.17. The van der Waals surface area contributed by atoms with Crippen LogP contribution in [-0.4, -0.2) is 66.3 Å². The Hall–Kier alpha value is -2.62. The molecule has 0 bridgehead atoms. The second-order valence-corrected chi connectivity index (χ2v) is 9.92. The molecule has 1 atom stereocenters. The molecule has 0 amide bonds. The average Bonchev–Trinajstić information content (AvgIpc) is 2.77. The molecule has 0 spiro atoms. The van der Waals surface area contributed by atoms with Gasteiger partial charge in [-0.1, -0.05) is 38.1 Å². The van der Waals surface area contributed by atoms with E-state index in [-0.39, 0.29) is 19.3 Å². The fourth-order valence-corrected chi connectivity index (χ4v) is 4.34. The number of pyridine rings is 1. The van der Waals surface area contributed by atoms with Gasteiger partial charge in [-0.05, 0) is 17.5 Å². The molecule has 0 saturated carbocycles. The number of sulfonamides is 1. The third kappa shape index (κ3) is 5.00. The summed E-state index contributed by atoms with van der Waals surface area (Å²) in [4.78, 5) is 13.5. The molecule has 0 aliphatic carbocycles. The van der Waals surface area contributed by atoms with Gasteiger partial charge in [0.15, 0.2) is 5.52 Å². The van der Waals surface area contributed by atoms with Crippen LogP contribution in [0.3, 0.4) is 0 Å². The summed E-state index contributed by atoms with van der Waals surface area (Å²) in [6.07, 6.45) is 4.04. The molecule has 0 radical (unpaired) electrons. The van der Waals surface area contributed by atoms with Gasteiger partial charge in [-0.3, -0.25) is 4.98 Å². The molecule has 9 heteroatoms. The number of morpholine rings is 1. The van der Waals surface area contributed by atoms with Crippen molar-refractivity contribution in [2.75, 3.05) is 32.6 Å². The zero-order valence-corrected chi connectivity index (χ0v) is 18.7. The van der Waals surface area contributed by atoms with E-state index in [1.165, 1.54) is 16.1 Å². The number of hydrogen-bond acceptors (Lipinski definition) is 7. The number of benzene rings is 1. The summed E-state index contributed by atoms with van der Waals surface area (Å²) in [5.74, 6) is 0.805. The van der Waals surface area contributed by atoms with Crippen LogP contribution in [0.2, 0.25) is 0 Å². The molecular weight excluding hydrogens is 416 g/mol. The summed E-state index contributed by atoms with van der Waals surface area (Å²) >= 11 is 0. The van der Waals surface area contributed by atoms with Gasteiger partial charge >= 0.3 is 0 Å². The van der Waals surface area contributed by atoms with Gasteiger partial charge in [0.05, 0.1) is 24.1 Å². The first-order chi connectivity index (χ1) is 14.8. The van der Waals surface area contributed by atoms with Crippen LogP contribution in [0, 0.1) is 0 Å². The fourth-order valence-electron chi connectivity index (χ4n) is 3.50. The van der Waals surface area contributed by atoms with Crippen LogP contribution >= 0.6 is 0 Å². The number of ether oxygens (including phenoxy) is 2. The molecule has 0 unspecified atom stereocenters. The first-order valence-electron chi connectivity index (χ1n) is 10.2. The van der Waals surface area contributed by atoms with Crippen molar-refractivity contribution < 1.29 is 17.9 Å². The van der Waals surface area contributed by atoms with E-state index in [9.17, 15) is 8.42 Å². The second-order valence-electron chi connectivity index (χ2n) is 7.94. The van der Waals surface area contributed by atoms with E-state index >= 15 is 0 Å². The molecular formula is C22H26N4O4S. The fraction of sp³-hybridized carbons (Fsp3) is 0.409. The molecule has 4 rings (SSSR count). The standard InChI is InChI=1S/C22H26N4O4S/c1-15(2)16-4-6-17(7-5-16)19-12-20-21(24-9-8-23-20)22(25-19)30-14-18-13-26(10-11-29-18)31(3,27)28/h4-9,12,15,18H,10-11,13-14H2,1-3H3/t18-/m0/s1. The van der Waals surface area contributed by atoms with Crippen molar-refractivity contribution in [2.45, 2.75) is 25.9 Å². The topological polar surface area (TPSA) is 94.5 Å². The van der Waals surface area contributed by atoms with Crippen molar-refractivity contribution in [1.82, 2.24) is 19.3 Å². The van der Waals surface area contributed by atoms with E-state index in [2.05, 4.69) is 40.9 Å². The second kappa shape index (κ2) is 8.86. The highest BCUT2D eigenvalue weighted by Gasteiger charge is 2.27. The van der Waals surface area contributed by atoms with E-state index < -0.39 is 10.0 Å². The van der Waals surface area contributed by atoms with Crippen LogP contribution in [0.5, 0.6) is 5.88 Å². The van der Waals surface area contributed by atoms with E-state index in [4.69, 9.17) is 9.47 Å². The van der Waals surface area contributed by atoms with Crippen LogP contribution in [-0.2, 0) is 14.8 Å². The normalized spacial score (nSPS) is 17.9. The van der Waals surface area contributed by atoms with Gasteiger partial charge in [-0.25, -0.2) is 18.4 Å². The smallest absolute Gasteiger partial charge is 0.242 e. The highest BCUT2D eigenvalue weighted by atomic mass is 32.2. The van der Waals surface area contributed by atoms with Crippen LogP contribution in [0.25, 0.3) is 22.3 Å². The molecule has 1 aromatic carbocycles. The maximum atomic E-state index is 11.8. The minimum atomic E-state index is -3.27. The maximum absolute atomic E-state index is 11.8. The summed E-state index contributed by atoms with van der Waals surface area (Å²) in [6.45, 7) is 5.41. The average molecular weight is 443 g/mol. The summed E-state index contributed by atoms with van der Waals surface area (Å²) < 4.78 is 36.8. The molecule has 1 aliphatic rings. The minimum Gasteiger partial charge on any atom is -0.473 e. The van der Waals surface area contributed by atoms with Crippen molar-refractivity contribution in [3.05, 3.63) is 48.3 Å². The monoisotopic (exact) mass is 442 g/mol. The Morgan fingerprint density at radius 1 is 1.19 bits per heavy atom. The van der Waals surface area contributed by atoms with E-state index in [1.807, 2.05) is 18.2 Å². The lowest BCUT2D eigenvalue weighted by atomic mass is 10.0. The van der Waals surface area contributed by atoms with Crippen LogP contribution in [0.15, 0.2) is 42.7 Å². The largest absolute Gasteiger partial charge is 0.473 e. The van der Waals surface area contributed by atoms with Crippen molar-refractivity contribution in [2.24, 2.45) is 0 Å².